The maximum Gasteiger partial charge on any atom is 0.307 e. The minimum Gasteiger partial charge on any atom is -0.481 e. The largest absolute Gasteiger partial charge is 0.481 e. The highest BCUT2D eigenvalue weighted by Gasteiger charge is 2.72. The molecule has 2 aromatic rings. The maximum absolute atomic E-state index is 13.7. The van der Waals surface area contributed by atoms with Crippen molar-refractivity contribution < 1.29 is 19.4 Å². The summed E-state index contributed by atoms with van der Waals surface area (Å²) >= 11 is 0. The van der Waals surface area contributed by atoms with E-state index in [-0.39, 0.29) is 50.6 Å². The summed E-state index contributed by atoms with van der Waals surface area (Å²) < 4.78 is 16.3. The molecule has 0 amide bonds. The van der Waals surface area contributed by atoms with E-state index in [0.29, 0.717) is 37.6 Å². The summed E-state index contributed by atoms with van der Waals surface area (Å²) in [6.45, 7) is 28.3. The summed E-state index contributed by atoms with van der Waals surface area (Å²) in [5.41, 5.74) is 8.46. The molecule has 1 aromatic carbocycles. The van der Waals surface area contributed by atoms with Gasteiger partial charge in [0, 0.05) is 34.0 Å². The molecule has 6 aliphatic rings. The smallest absolute Gasteiger partial charge is 0.307 e. The lowest BCUT2D eigenvalue weighted by Gasteiger charge is -2.71. The van der Waals surface area contributed by atoms with Crippen LogP contribution in [0.4, 0.5) is 0 Å². The van der Waals surface area contributed by atoms with Gasteiger partial charge in [-0.05, 0) is 96.8 Å². The monoisotopic (exact) mass is 797 g/mol. The van der Waals surface area contributed by atoms with Crippen molar-refractivity contribution in [3.05, 3.63) is 47.8 Å². The summed E-state index contributed by atoms with van der Waals surface area (Å²) in [4.78, 5) is 23.3. The molecule has 4 aliphatic carbocycles. The van der Waals surface area contributed by atoms with Gasteiger partial charge in [0.15, 0.2) is 5.82 Å². The van der Waals surface area contributed by atoms with Gasteiger partial charge in [-0.2, -0.15) is 5.10 Å². The quantitative estimate of drug-likeness (QED) is 0.215. The minimum atomic E-state index is -0.626. The number of aliphatic imine (C=N–C) groups is 1. The molecule has 10 nitrogen and oxygen atoms in total. The van der Waals surface area contributed by atoms with Crippen LogP contribution in [0.25, 0.3) is 11.4 Å². The van der Waals surface area contributed by atoms with E-state index in [0.717, 1.165) is 74.4 Å². The average Bonchev–Trinajstić information content (AvgIpc) is 3.87. The third-order valence-electron chi connectivity index (χ3n) is 18.3. The van der Waals surface area contributed by atoms with Crippen LogP contribution in [0.5, 0.6) is 0 Å². The molecular weight excluding hydrogens is 725 g/mol. The maximum atomic E-state index is 13.7. The normalized spacial score (nSPS) is 40.0. The number of nitrogens with one attached hydrogen (secondary N) is 1. The van der Waals surface area contributed by atoms with Crippen molar-refractivity contribution >= 4 is 11.8 Å². The van der Waals surface area contributed by atoms with Gasteiger partial charge < -0.3 is 25.6 Å². The van der Waals surface area contributed by atoms with Crippen molar-refractivity contribution in [1.82, 2.24) is 20.1 Å². The Morgan fingerprint density at radius 1 is 1.07 bits per heavy atom. The molecular formula is C48H72N6O4. The number of carboxylic acids is 1. The van der Waals surface area contributed by atoms with E-state index >= 15 is 0 Å². The van der Waals surface area contributed by atoms with Gasteiger partial charge in [-0.15, -0.1) is 0 Å². The van der Waals surface area contributed by atoms with E-state index in [1.165, 1.54) is 5.57 Å². The first-order valence-electron chi connectivity index (χ1n) is 22.3. The molecule has 1 saturated heterocycles. The predicted molar refractivity (Wildman–Crippen MR) is 229 cm³/mol. The topological polar surface area (TPSA) is 137 Å². The molecule has 10 heteroatoms. The van der Waals surface area contributed by atoms with Crippen LogP contribution in [0.3, 0.4) is 0 Å². The molecule has 2 aliphatic heterocycles. The number of aliphatic carboxylic acids is 1. The molecule has 8 rings (SSSR count). The minimum absolute atomic E-state index is 0.141. The number of aromatic nitrogens is 3. The number of rotatable bonds is 9. The molecule has 3 saturated carbocycles. The predicted octanol–water partition coefficient (Wildman–Crippen LogP) is 8.57. The van der Waals surface area contributed by atoms with Crippen molar-refractivity contribution in [3.63, 3.8) is 0 Å². The van der Waals surface area contributed by atoms with Crippen LogP contribution in [0.1, 0.15) is 126 Å². The lowest BCUT2D eigenvalue weighted by Crippen LogP contribution is -2.69. The van der Waals surface area contributed by atoms with Gasteiger partial charge in [0.25, 0.3) is 0 Å². The SMILES string of the molecule is CC(C)[C@@H](C)[C@@]1(C)CC[C@]2(C)[C@H]3CC[C@@H]4[C@@]5(COC[C@@]4(C)[C@@H](OC[C@](C)(N)C(C)(C)C)[C@H](n4ncnc4-c4cccc(C6=NCCN6)c4)C5)C3=CC[C@@]2(C)[C@@H]1C(=O)O. The second-order valence-electron chi connectivity index (χ2n) is 22.3. The van der Waals surface area contributed by atoms with Gasteiger partial charge in [-0.1, -0.05) is 99.1 Å². The van der Waals surface area contributed by atoms with E-state index in [2.05, 4.69) is 117 Å². The second kappa shape index (κ2) is 14.0. The van der Waals surface area contributed by atoms with Crippen LogP contribution in [0.2, 0.25) is 0 Å². The van der Waals surface area contributed by atoms with Crippen LogP contribution in [-0.2, 0) is 14.3 Å². The molecule has 0 radical (unpaired) electrons. The summed E-state index contributed by atoms with van der Waals surface area (Å²) in [5.74, 6) is 1.99. The molecule has 3 heterocycles. The van der Waals surface area contributed by atoms with Crippen LogP contribution in [0, 0.1) is 62.1 Å². The first-order chi connectivity index (χ1) is 27.1. The molecule has 0 spiro atoms. The Morgan fingerprint density at radius 2 is 1.81 bits per heavy atom. The number of hydrogen-bond acceptors (Lipinski definition) is 8. The van der Waals surface area contributed by atoms with Crippen molar-refractivity contribution in [2.75, 3.05) is 32.9 Å². The molecule has 0 unspecified atom stereocenters. The Balaban J connectivity index is 1.24. The highest BCUT2D eigenvalue weighted by atomic mass is 16.5. The van der Waals surface area contributed by atoms with Crippen LogP contribution < -0.4 is 11.1 Å². The zero-order chi connectivity index (χ0) is 41.8. The zero-order valence-electron chi connectivity index (χ0n) is 37.3. The fourth-order valence-corrected chi connectivity index (χ4v) is 13.7. The molecule has 12 atom stereocenters. The van der Waals surface area contributed by atoms with Crippen molar-refractivity contribution in [3.8, 4) is 11.4 Å². The molecule has 4 fully saturated rings. The van der Waals surface area contributed by atoms with Crippen LogP contribution in [-0.4, -0.2) is 76.2 Å². The Labute approximate surface area is 347 Å². The van der Waals surface area contributed by atoms with Crippen molar-refractivity contribution in [2.24, 2.45) is 72.8 Å². The van der Waals surface area contributed by atoms with Crippen LogP contribution >= 0.6 is 0 Å². The fraction of sp³-hybridized carbons (Fsp3) is 0.750. The van der Waals surface area contributed by atoms with Gasteiger partial charge in [0.05, 0.1) is 44.4 Å². The van der Waals surface area contributed by atoms with Crippen LogP contribution in [0.15, 0.2) is 47.2 Å². The zero-order valence-corrected chi connectivity index (χ0v) is 37.3. The first-order valence-corrected chi connectivity index (χ1v) is 22.3. The number of nitrogens with zero attached hydrogens (tertiary/aromatic N) is 4. The van der Waals surface area contributed by atoms with Gasteiger partial charge in [0.2, 0.25) is 0 Å². The molecule has 4 N–H and O–H groups in total. The van der Waals surface area contributed by atoms with Crippen molar-refractivity contribution in [1.29, 1.82) is 0 Å². The van der Waals surface area contributed by atoms with E-state index in [9.17, 15) is 9.90 Å². The highest BCUT2D eigenvalue weighted by molar-refractivity contribution is 6.00. The van der Waals surface area contributed by atoms with E-state index < -0.39 is 17.4 Å². The number of carboxylic acid groups (broad SMARTS) is 1. The standard InChI is InChI=1S/C48H72N6O4/c1-29(2)30(3)43(7)19-20-45(9)33-15-16-36-44(8)25-57-27-48(36,34(33)17-18-46(45,10)37(43)41(55)56)24-35(38(44)58-26-47(11,49)42(4,5)6)54-40(52-28-53-54)32-14-12-13-31(23-32)39-50-21-22-51-39/h12-14,17,23,28-30,33,35-38H,15-16,18-22,24-27,49H2,1-11H3,(H,50,51)(H,55,56)/t30-,33+,35-,36+,37-,38+,43-,44-,45-,46+,47+,48+/m1/s1. The fourth-order valence-electron chi connectivity index (χ4n) is 13.7. The number of amidine groups is 1. The lowest BCUT2D eigenvalue weighted by atomic mass is 9.34. The van der Waals surface area contributed by atoms with Gasteiger partial charge in [-0.3, -0.25) is 9.79 Å². The van der Waals surface area contributed by atoms with E-state index in [1.807, 2.05) is 0 Å². The van der Waals surface area contributed by atoms with Crippen molar-refractivity contribution in [2.45, 2.75) is 132 Å². The summed E-state index contributed by atoms with van der Waals surface area (Å²) in [6.07, 6.45) is 9.63. The second-order valence-corrected chi connectivity index (χ2v) is 22.3. The number of benzene rings is 1. The third-order valence-corrected chi connectivity index (χ3v) is 18.3. The molecule has 1 aromatic heterocycles. The Kier molecular flexibility index (Phi) is 10.0. The molecule has 58 heavy (non-hydrogen) atoms. The average molecular weight is 797 g/mol. The summed E-state index contributed by atoms with van der Waals surface area (Å²) in [7, 11) is 0. The number of nitrogens with two attached hydrogens (primary N) is 1. The number of carbonyl (C=O) groups is 1. The van der Waals surface area contributed by atoms with Gasteiger partial charge >= 0.3 is 5.97 Å². The first kappa shape index (κ1) is 41.6. The highest BCUT2D eigenvalue weighted by Crippen LogP contribution is 2.75. The lowest BCUT2D eigenvalue weighted by molar-refractivity contribution is -0.253. The van der Waals surface area contributed by atoms with Gasteiger partial charge in [-0.25, -0.2) is 9.67 Å². The third kappa shape index (κ3) is 5.94. The Morgan fingerprint density at radius 3 is 2.48 bits per heavy atom. The van der Waals surface area contributed by atoms with E-state index in [4.69, 9.17) is 30.3 Å². The molecule has 318 valence electrons. The Bertz CT molecular complexity index is 1980. The number of allylic oxidation sites excluding steroid dienone is 1. The number of ether oxygens (including phenoxy) is 2. The summed E-state index contributed by atoms with van der Waals surface area (Å²) in [5, 5.41) is 19.7. The Hall–Kier alpha value is -3.08. The number of hydrogen-bond donors (Lipinski definition) is 3. The van der Waals surface area contributed by atoms with E-state index in [1.54, 1.807) is 6.33 Å². The number of fused-ring (bicyclic) bond motifs is 3. The molecule has 2 bridgehead atoms. The van der Waals surface area contributed by atoms with Gasteiger partial charge in [0.1, 0.15) is 12.2 Å². The summed E-state index contributed by atoms with van der Waals surface area (Å²) in [6, 6.07) is 8.35.